The second-order valence-corrected chi connectivity index (χ2v) is 6.46. The van der Waals surface area contributed by atoms with Crippen LogP contribution in [0.1, 0.15) is 33.1 Å². The van der Waals surface area contributed by atoms with E-state index in [2.05, 4.69) is 6.58 Å². The second kappa shape index (κ2) is 8.76. The van der Waals surface area contributed by atoms with Crippen molar-refractivity contribution in [1.82, 2.24) is 0 Å². The average Bonchev–Trinajstić information content (AvgIpc) is 2.91. The minimum absolute atomic E-state index is 0.172. The fourth-order valence-electron chi connectivity index (χ4n) is 3.07. The van der Waals surface area contributed by atoms with Crippen molar-refractivity contribution in [3.05, 3.63) is 47.1 Å². The maximum Gasteiger partial charge on any atom is 0.334 e. The molecule has 3 atom stereocenters. The zero-order chi connectivity index (χ0) is 19.3. The quantitative estimate of drug-likeness (QED) is 0.358. The highest BCUT2D eigenvalue weighted by molar-refractivity contribution is 5.92. The van der Waals surface area contributed by atoms with Crippen LogP contribution in [0.5, 0.6) is 0 Å². The van der Waals surface area contributed by atoms with E-state index in [4.69, 9.17) is 9.47 Å². The van der Waals surface area contributed by atoms with Gasteiger partial charge in [0.25, 0.3) is 0 Å². The number of carbonyl (C=O) groups excluding carboxylic acids is 3. The Bertz CT molecular complexity index is 697. The van der Waals surface area contributed by atoms with E-state index in [1.165, 1.54) is 0 Å². The summed E-state index contributed by atoms with van der Waals surface area (Å²) in [5, 5.41) is 9.55. The molecule has 3 unspecified atom stereocenters. The molecule has 2 aliphatic rings. The molecule has 0 amide bonds. The van der Waals surface area contributed by atoms with Crippen LogP contribution >= 0.6 is 0 Å². The lowest BCUT2D eigenvalue weighted by molar-refractivity contribution is -0.147. The maximum absolute atomic E-state index is 12.3. The normalized spacial score (nSPS) is 27.0. The van der Waals surface area contributed by atoms with Crippen molar-refractivity contribution in [2.75, 3.05) is 6.61 Å². The molecule has 0 saturated carbocycles. The van der Waals surface area contributed by atoms with Crippen molar-refractivity contribution in [2.24, 2.45) is 5.92 Å². The molecule has 2 rings (SSSR count). The van der Waals surface area contributed by atoms with Gasteiger partial charge in [0.05, 0.1) is 12.5 Å². The zero-order valence-electron chi connectivity index (χ0n) is 15.1. The third-order valence-electron chi connectivity index (χ3n) is 4.74. The molecule has 1 saturated heterocycles. The number of hydrogen-bond acceptors (Lipinski definition) is 6. The summed E-state index contributed by atoms with van der Waals surface area (Å²) in [6, 6.07) is 0. The van der Waals surface area contributed by atoms with E-state index in [0.717, 1.165) is 6.29 Å². The summed E-state index contributed by atoms with van der Waals surface area (Å²) < 4.78 is 11.0. The van der Waals surface area contributed by atoms with Gasteiger partial charge in [0.15, 0.2) is 0 Å². The molecule has 0 bridgehead atoms. The van der Waals surface area contributed by atoms with Gasteiger partial charge in [0, 0.05) is 17.6 Å². The van der Waals surface area contributed by atoms with Gasteiger partial charge in [0.1, 0.15) is 18.5 Å². The molecule has 0 aromatic heterocycles. The predicted molar refractivity (Wildman–Crippen MR) is 95.0 cm³/mol. The lowest BCUT2D eigenvalue weighted by Crippen LogP contribution is -2.34. The van der Waals surface area contributed by atoms with Crippen LogP contribution in [-0.4, -0.2) is 42.1 Å². The molecule has 0 aromatic carbocycles. The molecule has 1 heterocycles. The first-order valence-electron chi connectivity index (χ1n) is 8.59. The first-order valence-corrected chi connectivity index (χ1v) is 8.59. The van der Waals surface area contributed by atoms with Crippen LogP contribution in [0.2, 0.25) is 0 Å². The molecule has 1 N–H and O–H groups in total. The Morgan fingerprint density at radius 1 is 1.50 bits per heavy atom. The van der Waals surface area contributed by atoms with E-state index >= 15 is 0 Å². The van der Waals surface area contributed by atoms with E-state index in [-0.39, 0.29) is 18.6 Å². The lowest BCUT2D eigenvalue weighted by atomic mass is 9.85. The van der Waals surface area contributed by atoms with Gasteiger partial charge >= 0.3 is 11.9 Å². The van der Waals surface area contributed by atoms with E-state index in [0.29, 0.717) is 29.6 Å². The number of aliphatic hydroxyl groups excluding tert-OH is 1. The number of carbonyl (C=O) groups is 3. The summed E-state index contributed by atoms with van der Waals surface area (Å²) in [6.07, 6.45) is 5.63. The first kappa shape index (κ1) is 19.8. The Hall–Kier alpha value is -2.47. The summed E-state index contributed by atoms with van der Waals surface area (Å²) >= 11 is 0. The molecular formula is C20H24O6. The van der Waals surface area contributed by atoms with Crippen molar-refractivity contribution < 1.29 is 29.0 Å². The standard InChI is InChI=1S/C20H24O6/c1-4-12(2)19(23)25-16-8-14(10-21)6-5-7-15(11-22)9-17-18(16)13(3)20(24)26-17/h4,6,9-10,16-18,22H,3,5,7-8,11H2,1-2H3. The van der Waals surface area contributed by atoms with Crippen LogP contribution in [0.4, 0.5) is 0 Å². The Morgan fingerprint density at radius 2 is 2.23 bits per heavy atom. The van der Waals surface area contributed by atoms with Gasteiger partial charge in [-0.1, -0.05) is 18.7 Å². The monoisotopic (exact) mass is 360 g/mol. The fraction of sp³-hybridized carbons (Fsp3) is 0.450. The fourth-order valence-corrected chi connectivity index (χ4v) is 3.07. The third-order valence-corrected chi connectivity index (χ3v) is 4.74. The van der Waals surface area contributed by atoms with Crippen molar-refractivity contribution in [3.63, 3.8) is 0 Å². The summed E-state index contributed by atoms with van der Waals surface area (Å²) in [5.41, 5.74) is 1.80. The molecule has 1 aliphatic heterocycles. The second-order valence-electron chi connectivity index (χ2n) is 6.46. The zero-order valence-corrected chi connectivity index (χ0v) is 15.1. The number of ether oxygens (including phenoxy) is 2. The maximum atomic E-state index is 12.3. The van der Waals surface area contributed by atoms with Gasteiger partial charge < -0.3 is 14.6 Å². The number of hydrogen-bond donors (Lipinski definition) is 1. The summed E-state index contributed by atoms with van der Waals surface area (Å²) in [4.78, 5) is 35.8. The highest BCUT2D eigenvalue weighted by Gasteiger charge is 2.44. The number of rotatable bonds is 4. The molecule has 0 spiro atoms. The van der Waals surface area contributed by atoms with Crippen molar-refractivity contribution in [2.45, 2.75) is 45.3 Å². The highest BCUT2D eigenvalue weighted by Crippen LogP contribution is 2.36. The Morgan fingerprint density at radius 3 is 2.85 bits per heavy atom. The van der Waals surface area contributed by atoms with Crippen molar-refractivity contribution in [1.29, 1.82) is 0 Å². The first-order chi connectivity index (χ1) is 12.4. The van der Waals surface area contributed by atoms with Gasteiger partial charge in [-0.15, -0.1) is 0 Å². The molecular weight excluding hydrogens is 336 g/mol. The van der Waals surface area contributed by atoms with Gasteiger partial charge in [0.2, 0.25) is 0 Å². The molecule has 6 heteroatoms. The van der Waals surface area contributed by atoms with Crippen LogP contribution in [0.25, 0.3) is 0 Å². The Kier molecular flexibility index (Phi) is 6.69. The number of allylic oxidation sites excluding steroid dienone is 2. The third kappa shape index (κ3) is 4.38. The number of fused-ring (bicyclic) bond motifs is 1. The molecule has 26 heavy (non-hydrogen) atoms. The minimum atomic E-state index is -0.771. The van der Waals surface area contributed by atoms with E-state index in [1.807, 2.05) is 0 Å². The molecule has 6 nitrogen and oxygen atoms in total. The summed E-state index contributed by atoms with van der Waals surface area (Å²) in [6.45, 7) is 6.96. The average molecular weight is 360 g/mol. The van der Waals surface area contributed by atoms with Crippen molar-refractivity contribution >= 4 is 18.2 Å². The predicted octanol–water partition coefficient (Wildman–Crippen LogP) is 2.19. The Labute approximate surface area is 152 Å². The van der Waals surface area contributed by atoms with Crippen LogP contribution < -0.4 is 0 Å². The smallest absolute Gasteiger partial charge is 0.334 e. The molecule has 0 aromatic rings. The SMILES string of the molecule is C=C1C(=O)OC2C=C(CO)CCC=C(C=O)CC(OC(=O)C(C)=CC)C12. The van der Waals surface area contributed by atoms with Crippen LogP contribution in [0.3, 0.4) is 0 Å². The number of esters is 2. The Balaban J connectivity index is 2.45. The lowest BCUT2D eigenvalue weighted by Gasteiger charge is -2.27. The van der Waals surface area contributed by atoms with Crippen LogP contribution in [-0.2, 0) is 23.9 Å². The van der Waals surface area contributed by atoms with Gasteiger partial charge in [-0.2, -0.15) is 0 Å². The molecule has 1 fully saturated rings. The largest absolute Gasteiger partial charge is 0.458 e. The number of aldehydes is 1. The van der Waals surface area contributed by atoms with Crippen molar-refractivity contribution in [3.8, 4) is 0 Å². The molecule has 1 aliphatic carbocycles. The molecule has 140 valence electrons. The van der Waals surface area contributed by atoms with E-state index in [1.54, 1.807) is 32.1 Å². The summed E-state index contributed by atoms with van der Waals surface area (Å²) in [5.74, 6) is -1.69. The van der Waals surface area contributed by atoms with Crippen LogP contribution in [0, 0.1) is 5.92 Å². The minimum Gasteiger partial charge on any atom is -0.458 e. The molecule has 0 radical (unpaired) electrons. The van der Waals surface area contributed by atoms with Gasteiger partial charge in [-0.3, -0.25) is 4.79 Å². The van der Waals surface area contributed by atoms with Gasteiger partial charge in [-0.25, -0.2) is 9.59 Å². The van der Waals surface area contributed by atoms with Gasteiger partial charge in [-0.05, 0) is 43.9 Å². The highest BCUT2D eigenvalue weighted by atomic mass is 16.6. The number of aliphatic hydroxyl groups is 1. The topological polar surface area (TPSA) is 89.9 Å². The van der Waals surface area contributed by atoms with E-state index in [9.17, 15) is 19.5 Å². The van der Waals surface area contributed by atoms with E-state index < -0.39 is 30.1 Å². The summed E-state index contributed by atoms with van der Waals surface area (Å²) in [7, 11) is 0. The van der Waals surface area contributed by atoms with Crippen LogP contribution in [0.15, 0.2) is 47.1 Å².